The standard InChI is InChI=1S/C11H11NO2/c1-14-11-4-2-9(3-5-11)6-10(7-12)8-13/h2-5,8,10H,6H2,1H3. The number of benzene rings is 1. The molecule has 0 fully saturated rings. The smallest absolute Gasteiger partial charge is 0.137 e. The van der Waals surface area contributed by atoms with Crippen LogP contribution in [0.15, 0.2) is 24.3 Å². The van der Waals surface area contributed by atoms with Gasteiger partial charge < -0.3 is 9.53 Å². The Morgan fingerprint density at radius 1 is 1.50 bits per heavy atom. The lowest BCUT2D eigenvalue weighted by atomic mass is 10.0. The first-order valence-electron chi connectivity index (χ1n) is 4.28. The zero-order valence-corrected chi connectivity index (χ0v) is 7.93. The highest BCUT2D eigenvalue weighted by Crippen LogP contribution is 2.13. The van der Waals surface area contributed by atoms with Gasteiger partial charge in [0.1, 0.15) is 18.0 Å². The topological polar surface area (TPSA) is 50.1 Å². The highest BCUT2D eigenvalue weighted by Gasteiger charge is 2.06. The first-order valence-corrected chi connectivity index (χ1v) is 4.28. The molecule has 0 bridgehead atoms. The summed E-state index contributed by atoms with van der Waals surface area (Å²) in [6, 6.07) is 9.27. The van der Waals surface area contributed by atoms with Gasteiger partial charge in [0.25, 0.3) is 0 Å². The zero-order valence-electron chi connectivity index (χ0n) is 7.93. The number of ether oxygens (including phenoxy) is 1. The number of hydrogen-bond acceptors (Lipinski definition) is 3. The number of hydrogen-bond donors (Lipinski definition) is 0. The SMILES string of the molecule is COc1ccc(CC(C#N)C=O)cc1. The lowest BCUT2D eigenvalue weighted by Crippen LogP contribution is -2.02. The van der Waals surface area contributed by atoms with E-state index in [1.807, 2.05) is 30.3 Å². The van der Waals surface area contributed by atoms with Crippen molar-refractivity contribution in [2.24, 2.45) is 5.92 Å². The minimum absolute atomic E-state index is 0.462. The van der Waals surface area contributed by atoms with Crippen molar-refractivity contribution in [1.82, 2.24) is 0 Å². The third kappa shape index (κ3) is 2.60. The molecule has 1 atom stereocenters. The molecule has 0 N–H and O–H groups in total. The maximum atomic E-state index is 10.4. The monoisotopic (exact) mass is 189 g/mol. The van der Waals surface area contributed by atoms with Crippen molar-refractivity contribution in [3.05, 3.63) is 29.8 Å². The number of nitrogens with zero attached hydrogens (tertiary/aromatic N) is 1. The predicted molar refractivity (Wildman–Crippen MR) is 51.9 cm³/mol. The number of carbonyl (C=O) groups is 1. The Hall–Kier alpha value is -1.82. The maximum absolute atomic E-state index is 10.4. The van der Waals surface area contributed by atoms with Gasteiger partial charge in [0.2, 0.25) is 0 Å². The molecule has 0 saturated heterocycles. The summed E-state index contributed by atoms with van der Waals surface area (Å²) < 4.78 is 4.99. The summed E-state index contributed by atoms with van der Waals surface area (Å²) in [7, 11) is 1.60. The number of aldehydes is 1. The van der Waals surface area contributed by atoms with Gasteiger partial charge in [-0.25, -0.2) is 0 Å². The molecular formula is C11H11NO2. The normalized spacial score (nSPS) is 11.4. The van der Waals surface area contributed by atoms with Crippen LogP contribution in [0.3, 0.4) is 0 Å². The molecule has 3 nitrogen and oxygen atoms in total. The van der Waals surface area contributed by atoms with Crippen LogP contribution in [0.4, 0.5) is 0 Å². The number of rotatable bonds is 4. The maximum Gasteiger partial charge on any atom is 0.137 e. The van der Waals surface area contributed by atoms with E-state index < -0.39 is 5.92 Å². The van der Waals surface area contributed by atoms with E-state index in [1.54, 1.807) is 7.11 Å². The Morgan fingerprint density at radius 2 is 2.14 bits per heavy atom. The number of methoxy groups -OCH3 is 1. The minimum Gasteiger partial charge on any atom is -0.497 e. The quantitative estimate of drug-likeness (QED) is 0.675. The first-order chi connectivity index (χ1) is 6.80. The van der Waals surface area contributed by atoms with E-state index in [0.29, 0.717) is 12.7 Å². The van der Waals surface area contributed by atoms with Crippen LogP contribution in [0, 0.1) is 17.2 Å². The van der Waals surface area contributed by atoms with Crippen molar-refractivity contribution in [3.63, 3.8) is 0 Å². The average molecular weight is 189 g/mol. The van der Waals surface area contributed by atoms with Crippen LogP contribution in [0.2, 0.25) is 0 Å². The molecule has 3 heteroatoms. The summed E-state index contributed by atoms with van der Waals surface area (Å²) in [6.07, 6.45) is 1.13. The van der Waals surface area contributed by atoms with E-state index in [1.165, 1.54) is 0 Å². The molecule has 0 aliphatic carbocycles. The molecule has 1 unspecified atom stereocenters. The van der Waals surface area contributed by atoms with E-state index in [9.17, 15) is 4.79 Å². The fourth-order valence-electron chi connectivity index (χ4n) is 1.14. The van der Waals surface area contributed by atoms with Gasteiger partial charge in [-0.05, 0) is 24.1 Å². The number of nitriles is 1. The van der Waals surface area contributed by atoms with Gasteiger partial charge in [0.05, 0.1) is 13.2 Å². The summed E-state index contributed by atoms with van der Waals surface area (Å²) in [5.74, 6) is 0.219. The van der Waals surface area contributed by atoms with Crippen molar-refractivity contribution >= 4 is 6.29 Å². The minimum atomic E-state index is -0.552. The Labute approximate surface area is 82.9 Å². The molecule has 1 aromatic carbocycles. The van der Waals surface area contributed by atoms with Crippen molar-refractivity contribution in [1.29, 1.82) is 5.26 Å². The van der Waals surface area contributed by atoms with Crippen molar-refractivity contribution in [2.75, 3.05) is 7.11 Å². The van der Waals surface area contributed by atoms with Crippen molar-refractivity contribution in [3.8, 4) is 11.8 Å². The van der Waals surface area contributed by atoms with E-state index >= 15 is 0 Å². The fourth-order valence-corrected chi connectivity index (χ4v) is 1.14. The lowest BCUT2D eigenvalue weighted by Gasteiger charge is -2.03. The van der Waals surface area contributed by atoms with E-state index in [-0.39, 0.29) is 0 Å². The van der Waals surface area contributed by atoms with Gasteiger partial charge >= 0.3 is 0 Å². The molecule has 1 aromatic rings. The molecule has 14 heavy (non-hydrogen) atoms. The lowest BCUT2D eigenvalue weighted by molar-refractivity contribution is -0.109. The third-order valence-corrected chi connectivity index (χ3v) is 1.94. The van der Waals surface area contributed by atoms with Crippen LogP contribution in [-0.2, 0) is 11.2 Å². The molecule has 0 saturated carbocycles. The molecule has 0 aliphatic heterocycles. The van der Waals surface area contributed by atoms with Crippen LogP contribution in [-0.4, -0.2) is 13.4 Å². The molecule has 0 spiro atoms. The van der Waals surface area contributed by atoms with Crippen molar-refractivity contribution < 1.29 is 9.53 Å². The summed E-state index contributed by atoms with van der Waals surface area (Å²) in [4.78, 5) is 10.4. The highest BCUT2D eigenvalue weighted by atomic mass is 16.5. The summed E-state index contributed by atoms with van der Waals surface area (Å²) in [5, 5.41) is 8.58. The summed E-state index contributed by atoms with van der Waals surface area (Å²) in [6.45, 7) is 0. The van der Waals surface area contributed by atoms with E-state index in [0.717, 1.165) is 11.3 Å². The predicted octanol–water partition coefficient (Wildman–Crippen LogP) is 1.58. The largest absolute Gasteiger partial charge is 0.497 e. The van der Waals surface area contributed by atoms with Crippen LogP contribution >= 0.6 is 0 Å². The van der Waals surface area contributed by atoms with Gasteiger partial charge in [-0.15, -0.1) is 0 Å². The molecule has 0 heterocycles. The Kier molecular flexibility index (Phi) is 3.69. The fraction of sp³-hybridized carbons (Fsp3) is 0.273. The summed E-state index contributed by atoms with van der Waals surface area (Å²) >= 11 is 0. The van der Waals surface area contributed by atoms with E-state index in [2.05, 4.69) is 0 Å². The molecular weight excluding hydrogens is 178 g/mol. The molecule has 0 amide bonds. The third-order valence-electron chi connectivity index (χ3n) is 1.94. The van der Waals surface area contributed by atoms with Crippen LogP contribution in [0.1, 0.15) is 5.56 Å². The Bertz CT molecular complexity index is 337. The molecule has 0 radical (unpaired) electrons. The zero-order chi connectivity index (χ0) is 10.4. The molecule has 0 aliphatic rings. The van der Waals surface area contributed by atoms with Crippen molar-refractivity contribution in [2.45, 2.75) is 6.42 Å². The highest BCUT2D eigenvalue weighted by molar-refractivity contribution is 5.58. The second kappa shape index (κ2) is 5.03. The molecule has 1 rings (SSSR count). The summed E-state index contributed by atoms with van der Waals surface area (Å²) in [5.41, 5.74) is 0.962. The van der Waals surface area contributed by atoms with Crippen LogP contribution in [0.25, 0.3) is 0 Å². The first kappa shape index (κ1) is 10.3. The Balaban J connectivity index is 2.69. The molecule has 0 aromatic heterocycles. The van der Waals surface area contributed by atoms with Gasteiger partial charge in [0, 0.05) is 0 Å². The van der Waals surface area contributed by atoms with Gasteiger partial charge in [-0.3, -0.25) is 0 Å². The van der Waals surface area contributed by atoms with Gasteiger partial charge in [0.15, 0.2) is 0 Å². The Morgan fingerprint density at radius 3 is 2.57 bits per heavy atom. The van der Waals surface area contributed by atoms with Gasteiger partial charge in [-0.1, -0.05) is 12.1 Å². The number of carbonyl (C=O) groups excluding carboxylic acids is 1. The van der Waals surface area contributed by atoms with Crippen LogP contribution in [0.5, 0.6) is 5.75 Å². The second-order valence-corrected chi connectivity index (χ2v) is 2.92. The average Bonchev–Trinajstić information content (AvgIpc) is 2.26. The van der Waals surface area contributed by atoms with E-state index in [4.69, 9.17) is 10.00 Å². The second-order valence-electron chi connectivity index (χ2n) is 2.92. The van der Waals surface area contributed by atoms with Gasteiger partial charge in [-0.2, -0.15) is 5.26 Å². The van der Waals surface area contributed by atoms with Crippen LogP contribution < -0.4 is 4.74 Å². The molecule has 72 valence electrons.